The summed E-state index contributed by atoms with van der Waals surface area (Å²) >= 11 is 0. The monoisotopic (exact) mass is 242 g/mol. The van der Waals surface area contributed by atoms with Crippen LogP contribution in [0.25, 0.3) is 0 Å². The normalized spacial score (nSPS) is 14.0. The van der Waals surface area contributed by atoms with Gasteiger partial charge in [-0.15, -0.1) is 0 Å². The van der Waals surface area contributed by atoms with Gasteiger partial charge in [0.2, 0.25) is 0 Å². The predicted molar refractivity (Wildman–Crippen MR) is 72.6 cm³/mol. The number of aryl methyl sites for hydroxylation is 1. The Morgan fingerprint density at radius 2 is 1.94 bits per heavy atom. The Hall–Kier alpha value is -1.87. The van der Waals surface area contributed by atoms with Crippen LogP contribution < -0.4 is 10.5 Å². The van der Waals surface area contributed by atoms with Crippen molar-refractivity contribution in [3.8, 4) is 5.75 Å². The van der Waals surface area contributed by atoms with E-state index >= 15 is 0 Å². The van der Waals surface area contributed by atoms with Crippen molar-refractivity contribution >= 4 is 0 Å². The van der Waals surface area contributed by atoms with Crippen molar-refractivity contribution in [1.29, 1.82) is 0 Å². The second-order valence-electron chi connectivity index (χ2n) is 4.62. The molecule has 0 radical (unpaired) electrons. The lowest BCUT2D eigenvalue weighted by Crippen LogP contribution is -2.34. The molecule has 94 valence electrons. The van der Waals surface area contributed by atoms with E-state index in [0.29, 0.717) is 0 Å². The first-order valence-electron chi connectivity index (χ1n) is 5.90. The number of hydrogen-bond donors (Lipinski definition) is 1. The number of ether oxygens (including phenoxy) is 1. The van der Waals surface area contributed by atoms with Crippen molar-refractivity contribution in [3.63, 3.8) is 0 Å². The highest BCUT2D eigenvalue weighted by atomic mass is 16.5. The minimum atomic E-state index is -0.574. The Kier molecular flexibility index (Phi) is 3.34. The van der Waals surface area contributed by atoms with Crippen LogP contribution in [0.3, 0.4) is 0 Å². The SMILES string of the molecule is COc1cccc(C(C)(N)c2ccc(C)nc2)c1. The van der Waals surface area contributed by atoms with Crippen LogP contribution in [-0.2, 0) is 5.54 Å². The summed E-state index contributed by atoms with van der Waals surface area (Å²) in [5.74, 6) is 0.809. The predicted octanol–water partition coefficient (Wildman–Crippen LogP) is 2.62. The van der Waals surface area contributed by atoms with Gasteiger partial charge < -0.3 is 10.5 Å². The number of rotatable bonds is 3. The molecule has 1 atom stereocenters. The minimum absolute atomic E-state index is 0.574. The van der Waals surface area contributed by atoms with E-state index in [-0.39, 0.29) is 0 Å². The Labute approximate surface area is 108 Å². The topological polar surface area (TPSA) is 48.1 Å². The third-order valence-corrected chi connectivity index (χ3v) is 3.18. The molecule has 0 bridgehead atoms. The number of pyridine rings is 1. The van der Waals surface area contributed by atoms with Crippen LogP contribution in [-0.4, -0.2) is 12.1 Å². The second kappa shape index (κ2) is 4.78. The van der Waals surface area contributed by atoms with Gasteiger partial charge in [0, 0.05) is 11.9 Å². The molecule has 0 aliphatic rings. The summed E-state index contributed by atoms with van der Waals surface area (Å²) in [4.78, 5) is 4.30. The van der Waals surface area contributed by atoms with Gasteiger partial charge in [0.1, 0.15) is 5.75 Å². The van der Waals surface area contributed by atoms with Gasteiger partial charge in [0.05, 0.1) is 12.6 Å². The summed E-state index contributed by atoms with van der Waals surface area (Å²) in [6.45, 7) is 3.94. The van der Waals surface area contributed by atoms with Crippen LogP contribution in [0, 0.1) is 6.92 Å². The fourth-order valence-corrected chi connectivity index (χ4v) is 1.89. The van der Waals surface area contributed by atoms with Crippen molar-refractivity contribution < 1.29 is 4.74 Å². The van der Waals surface area contributed by atoms with Crippen molar-refractivity contribution in [3.05, 3.63) is 59.4 Å². The van der Waals surface area contributed by atoms with E-state index in [9.17, 15) is 0 Å². The van der Waals surface area contributed by atoms with Crippen LogP contribution in [0.4, 0.5) is 0 Å². The van der Waals surface area contributed by atoms with E-state index in [2.05, 4.69) is 4.98 Å². The lowest BCUT2D eigenvalue weighted by Gasteiger charge is -2.26. The highest BCUT2D eigenvalue weighted by molar-refractivity contribution is 5.40. The summed E-state index contributed by atoms with van der Waals surface area (Å²) in [6, 6.07) is 11.8. The lowest BCUT2D eigenvalue weighted by atomic mass is 9.86. The van der Waals surface area contributed by atoms with Gasteiger partial charge in [-0.05, 0) is 43.2 Å². The summed E-state index contributed by atoms with van der Waals surface area (Å²) in [5.41, 5.74) is 8.84. The van der Waals surface area contributed by atoms with Crippen LogP contribution in [0.1, 0.15) is 23.7 Å². The highest BCUT2D eigenvalue weighted by Gasteiger charge is 2.24. The van der Waals surface area contributed by atoms with Gasteiger partial charge >= 0.3 is 0 Å². The molecule has 1 heterocycles. The lowest BCUT2D eigenvalue weighted by molar-refractivity contribution is 0.413. The first-order chi connectivity index (χ1) is 8.54. The molecule has 2 N–H and O–H groups in total. The molecule has 2 rings (SSSR count). The smallest absolute Gasteiger partial charge is 0.119 e. The summed E-state index contributed by atoms with van der Waals surface area (Å²) in [7, 11) is 1.65. The van der Waals surface area contributed by atoms with E-state index in [0.717, 1.165) is 22.6 Å². The van der Waals surface area contributed by atoms with E-state index in [1.807, 2.05) is 56.4 Å². The van der Waals surface area contributed by atoms with Gasteiger partial charge in [0.25, 0.3) is 0 Å². The van der Waals surface area contributed by atoms with E-state index < -0.39 is 5.54 Å². The largest absolute Gasteiger partial charge is 0.497 e. The molecule has 0 saturated carbocycles. The van der Waals surface area contributed by atoms with Gasteiger partial charge in [-0.3, -0.25) is 4.98 Å². The van der Waals surface area contributed by atoms with Crippen LogP contribution in [0.5, 0.6) is 5.75 Å². The number of hydrogen-bond acceptors (Lipinski definition) is 3. The molecule has 0 aliphatic heterocycles. The third-order valence-electron chi connectivity index (χ3n) is 3.18. The number of nitrogens with zero attached hydrogens (tertiary/aromatic N) is 1. The number of nitrogens with two attached hydrogens (primary N) is 1. The number of benzene rings is 1. The molecule has 18 heavy (non-hydrogen) atoms. The quantitative estimate of drug-likeness (QED) is 0.900. The van der Waals surface area contributed by atoms with Crippen LogP contribution in [0.15, 0.2) is 42.6 Å². The first-order valence-corrected chi connectivity index (χ1v) is 5.90. The maximum absolute atomic E-state index is 6.44. The molecule has 0 saturated heterocycles. The standard InChI is InChI=1S/C15H18N2O/c1-11-7-8-13(10-17-11)15(2,16)12-5-4-6-14(9-12)18-3/h4-10H,16H2,1-3H3. The fraction of sp³-hybridized carbons (Fsp3) is 0.267. The van der Waals surface area contributed by atoms with Crippen molar-refractivity contribution in [1.82, 2.24) is 4.98 Å². The van der Waals surface area contributed by atoms with Crippen LogP contribution in [0.2, 0.25) is 0 Å². The Bertz CT molecular complexity index is 532. The minimum Gasteiger partial charge on any atom is -0.497 e. The van der Waals surface area contributed by atoms with E-state index in [1.165, 1.54) is 0 Å². The van der Waals surface area contributed by atoms with Crippen molar-refractivity contribution in [2.24, 2.45) is 5.73 Å². The summed E-state index contributed by atoms with van der Waals surface area (Å²) < 4.78 is 5.23. The fourth-order valence-electron chi connectivity index (χ4n) is 1.89. The van der Waals surface area contributed by atoms with Gasteiger partial charge in [0.15, 0.2) is 0 Å². The number of methoxy groups -OCH3 is 1. The zero-order valence-corrected chi connectivity index (χ0v) is 11.0. The molecule has 1 aromatic carbocycles. The number of aromatic nitrogens is 1. The van der Waals surface area contributed by atoms with Crippen LogP contribution >= 0.6 is 0 Å². The van der Waals surface area contributed by atoms with Gasteiger partial charge in [-0.2, -0.15) is 0 Å². The average Bonchev–Trinajstić information content (AvgIpc) is 2.39. The molecular weight excluding hydrogens is 224 g/mol. The maximum Gasteiger partial charge on any atom is 0.119 e. The Morgan fingerprint density at radius 3 is 2.56 bits per heavy atom. The summed E-state index contributed by atoms with van der Waals surface area (Å²) in [6.07, 6.45) is 1.83. The molecule has 0 amide bonds. The molecule has 1 aromatic heterocycles. The molecule has 3 nitrogen and oxygen atoms in total. The van der Waals surface area contributed by atoms with Gasteiger partial charge in [-0.1, -0.05) is 18.2 Å². The van der Waals surface area contributed by atoms with E-state index in [4.69, 9.17) is 10.5 Å². The molecule has 1 unspecified atom stereocenters. The Morgan fingerprint density at radius 1 is 1.17 bits per heavy atom. The van der Waals surface area contributed by atoms with Crippen molar-refractivity contribution in [2.45, 2.75) is 19.4 Å². The van der Waals surface area contributed by atoms with Crippen molar-refractivity contribution in [2.75, 3.05) is 7.11 Å². The maximum atomic E-state index is 6.44. The molecule has 3 heteroatoms. The molecule has 0 spiro atoms. The Balaban J connectivity index is 2.43. The highest BCUT2D eigenvalue weighted by Crippen LogP contribution is 2.28. The zero-order chi connectivity index (χ0) is 13.2. The molecule has 0 aliphatic carbocycles. The average molecular weight is 242 g/mol. The van der Waals surface area contributed by atoms with Gasteiger partial charge in [-0.25, -0.2) is 0 Å². The second-order valence-corrected chi connectivity index (χ2v) is 4.62. The molecule has 0 fully saturated rings. The third kappa shape index (κ3) is 2.36. The molecular formula is C15H18N2O. The molecule has 2 aromatic rings. The first kappa shape index (κ1) is 12.6. The zero-order valence-electron chi connectivity index (χ0n) is 11.0. The van der Waals surface area contributed by atoms with E-state index in [1.54, 1.807) is 7.11 Å². The summed E-state index contributed by atoms with van der Waals surface area (Å²) in [5, 5.41) is 0.